The zero-order valence-corrected chi connectivity index (χ0v) is 16.4. The van der Waals surface area contributed by atoms with E-state index in [-0.39, 0.29) is 36.8 Å². The second-order valence-electron chi connectivity index (χ2n) is 6.69. The van der Waals surface area contributed by atoms with Crippen LogP contribution in [0, 0.1) is 0 Å². The third-order valence-corrected chi connectivity index (χ3v) is 5.08. The Kier molecular flexibility index (Phi) is 9.54. The van der Waals surface area contributed by atoms with Crippen molar-refractivity contribution in [2.75, 3.05) is 31.1 Å². The Bertz CT molecular complexity index is 518. The Hall–Kier alpha value is -1.04. The number of carbonyl (C=O) groups is 1. The fourth-order valence-electron chi connectivity index (χ4n) is 3.68. The zero-order valence-electron chi connectivity index (χ0n) is 14.7. The summed E-state index contributed by atoms with van der Waals surface area (Å²) in [5.74, 6) is 1.08. The summed E-state index contributed by atoms with van der Waals surface area (Å²) in [5.41, 5.74) is 6.51. The van der Waals surface area contributed by atoms with Gasteiger partial charge in [0.05, 0.1) is 5.56 Å². The van der Waals surface area contributed by atoms with Crippen LogP contribution in [0.3, 0.4) is 0 Å². The molecule has 0 radical (unpaired) electrons. The molecule has 0 aromatic carbocycles. The summed E-state index contributed by atoms with van der Waals surface area (Å²) >= 11 is 0. The first kappa shape index (κ1) is 22.0. The Balaban J connectivity index is 0.00000156. The molecule has 2 fully saturated rings. The van der Waals surface area contributed by atoms with Gasteiger partial charge in [-0.25, -0.2) is 4.98 Å². The number of halogens is 2. The number of aromatic nitrogens is 1. The fraction of sp³-hybridized carbons (Fsp3) is 0.667. The topological polar surface area (TPSA) is 62.5 Å². The summed E-state index contributed by atoms with van der Waals surface area (Å²) < 4.78 is 0. The number of anilines is 1. The predicted octanol–water partition coefficient (Wildman–Crippen LogP) is 3.26. The molecule has 142 valence electrons. The summed E-state index contributed by atoms with van der Waals surface area (Å²) in [4.78, 5) is 21.6. The van der Waals surface area contributed by atoms with Crippen LogP contribution < -0.4 is 10.6 Å². The standard InChI is InChI=1S/C18H28N4O.2ClH/c19-13-16-7-3-6-12-22(16)18(23)15-8-9-17(20-14-15)21-10-4-1-2-5-11-21;;/h8-9,14,16H,1-7,10-13,19H2;2*1H. The summed E-state index contributed by atoms with van der Waals surface area (Å²) in [7, 11) is 0. The van der Waals surface area contributed by atoms with E-state index >= 15 is 0 Å². The van der Waals surface area contributed by atoms with E-state index in [9.17, 15) is 4.79 Å². The second-order valence-corrected chi connectivity index (χ2v) is 6.69. The second kappa shape index (κ2) is 10.8. The molecule has 1 amide bonds. The van der Waals surface area contributed by atoms with Crippen molar-refractivity contribution >= 4 is 36.5 Å². The molecular weight excluding hydrogens is 359 g/mol. The van der Waals surface area contributed by atoms with Crippen LogP contribution in [0.4, 0.5) is 5.82 Å². The first-order valence-electron chi connectivity index (χ1n) is 9.01. The van der Waals surface area contributed by atoms with E-state index in [2.05, 4.69) is 9.88 Å². The van der Waals surface area contributed by atoms with Crippen molar-refractivity contribution < 1.29 is 4.79 Å². The average molecular weight is 389 g/mol. The highest BCUT2D eigenvalue weighted by molar-refractivity contribution is 5.94. The van der Waals surface area contributed by atoms with Gasteiger partial charge in [-0.05, 0) is 44.2 Å². The van der Waals surface area contributed by atoms with Gasteiger partial charge in [0.1, 0.15) is 5.82 Å². The number of nitrogens with two attached hydrogens (primary N) is 1. The number of rotatable bonds is 3. The molecule has 1 unspecified atom stereocenters. The third-order valence-electron chi connectivity index (χ3n) is 5.08. The predicted molar refractivity (Wildman–Crippen MR) is 107 cm³/mol. The minimum Gasteiger partial charge on any atom is -0.357 e. The molecule has 1 aromatic heterocycles. The normalized spacial score (nSPS) is 20.9. The molecule has 0 bridgehead atoms. The number of piperidine rings is 1. The monoisotopic (exact) mass is 388 g/mol. The summed E-state index contributed by atoms with van der Waals surface area (Å²) in [6, 6.07) is 4.11. The van der Waals surface area contributed by atoms with Gasteiger partial charge in [0.25, 0.3) is 5.91 Å². The SMILES string of the molecule is Cl.Cl.NCC1CCCCN1C(=O)c1ccc(N2CCCCCC2)nc1. The van der Waals surface area contributed by atoms with Crippen LogP contribution >= 0.6 is 24.8 Å². The molecule has 5 nitrogen and oxygen atoms in total. The van der Waals surface area contributed by atoms with Crippen molar-refractivity contribution in [3.05, 3.63) is 23.9 Å². The lowest BCUT2D eigenvalue weighted by atomic mass is 10.0. The molecule has 0 saturated carbocycles. The van der Waals surface area contributed by atoms with Crippen LogP contribution in [0.2, 0.25) is 0 Å². The highest BCUT2D eigenvalue weighted by Gasteiger charge is 2.26. The molecule has 25 heavy (non-hydrogen) atoms. The molecule has 2 N–H and O–H groups in total. The van der Waals surface area contributed by atoms with E-state index in [4.69, 9.17) is 5.73 Å². The molecule has 0 spiro atoms. The summed E-state index contributed by atoms with van der Waals surface area (Å²) in [5, 5.41) is 0. The van der Waals surface area contributed by atoms with Gasteiger partial charge in [-0.3, -0.25) is 4.79 Å². The highest BCUT2D eigenvalue weighted by Crippen LogP contribution is 2.21. The van der Waals surface area contributed by atoms with Gasteiger partial charge >= 0.3 is 0 Å². The molecule has 1 atom stereocenters. The summed E-state index contributed by atoms with van der Waals surface area (Å²) in [6.07, 6.45) is 10.1. The number of amides is 1. The van der Waals surface area contributed by atoms with Crippen LogP contribution in [0.25, 0.3) is 0 Å². The largest absolute Gasteiger partial charge is 0.357 e. The molecule has 0 aliphatic carbocycles. The lowest BCUT2D eigenvalue weighted by Crippen LogP contribution is -2.47. The molecule has 3 rings (SSSR count). The van der Waals surface area contributed by atoms with Crippen molar-refractivity contribution in [3.8, 4) is 0 Å². The highest BCUT2D eigenvalue weighted by atomic mass is 35.5. The van der Waals surface area contributed by atoms with Crippen molar-refractivity contribution in [1.82, 2.24) is 9.88 Å². The van der Waals surface area contributed by atoms with Gasteiger partial charge in [-0.15, -0.1) is 24.8 Å². The molecular formula is C18H30Cl2N4O. The lowest BCUT2D eigenvalue weighted by molar-refractivity contribution is 0.0623. The maximum absolute atomic E-state index is 12.7. The van der Waals surface area contributed by atoms with E-state index in [1.807, 2.05) is 17.0 Å². The minimum atomic E-state index is 0. The van der Waals surface area contributed by atoms with Crippen LogP contribution in [0.15, 0.2) is 18.3 Å². The van der Waals surface area contributed by atoms with Gasteiger partial charge in [0, 0.05) is 38.4 Å². The van der Waals surface area contributed by atoms with E-state index in [0.717, 1.165) is 44.7 Å². The van der Waals surface area contributed by atoms with Crippen LogP contribution in [0.5, 0.6) is 0 Å². The smallest absolute Gasteiger partial charge is 0.255 e. The maximum atomic E-state index is 12.7. The number of hydrogen-bond donors (Lipinski definition) is 1. The van der Waals surface area contributed by atoms with Gasteiger partial charge in [-0.1, -0.05) is 12.8 Å². The van der Waals surface area contributed by atoms with E-state index in [0.29, 0.717) is 12.1 Å². The molecule has 2 aliphatic rings. The number of hydrogen-bond acceptors (Lipinski definition) is 4. The van der Waals surface area contributed by atoms with Crippen molar-refractivity contribution in [1.29, 1.82) is 0 Å². The van der Waals surface area contributed by atoms with Gasteiger partial charge < -0.3 is 15.5 Å². The van der Waals surface area contributed by atoms with E-state index in [1.165, 1.54) is 25.7 Å². The van der Waals surface area contributed by atoms with E-state index in [1.54, 1.807) is 6.20 Å². The number of pyridine rings is 1. The molecule has 2 saturated heterocycles. The summed E-state index contributed by atoms with van der Waals surface area (Å²) in [6.45, 7) is 3.50. The Morgan fingerprint density at radius 2 is 1.72 bits per heavy atom. The Morgan fingerprint density at radius 1 is 1.04 bits per heavy atom. The van der Waals surface area contributed by atoms with Crippen molar-refractivity contribution in [2.45, 2.75) is 51.0 Å². The lowest BCUT2D eigenvalue weighted by Gasteiger charge is -2.35. The minimum absolute atomic E-state index is 0. The van der Waals surface area contributed by atoms with E-state index < -0.39 is 0 Å². The Morgan fingerprint density at radius 3 is 2.32 bits per heavy atom. The molecule has 7 heteroatoms. The number of nitrogens with zero attached hydrogens (tertiary/aromatic N) is 3. The van der Waals surface area contributed by atoms with Crippen molar-refractivity contribution in [3.63, 3.8) is 0 Å². The van der Waals surface area contributed by atoms with Crippen LogP contribution in [0.1, 0.15) is 55.3 Å². The van der Waals surface area contributed by atoms with Gasteiger partial charge in [-0.2, -0.15) is 0 Å². The Labute approximate surface area is 163 Å². The zero-order chi connectivity index (χ0) is 16.1. The molecule has 2 aliphatic heterocycles. The molecule has 1 aromatic rings. The van der Waals surface area contributed by atoms with Gasteiger partial charge in [0.15, 0.2) is 0 Å². The quantitative estimate of drug-likeness (QED) is 0.862. The third kappa shape index (κ3) is 5.47. The van der Waals surface area contributed by atoms with Crippen LogP contribution in [-0.4, -0.2) is 48.0 Å². The maximum Gasteiger partial charge on any atom is 0.255 e. The number of carbonyl (C=O) groups excluding carboxylic acids is 1. The number of likely N-dealkylation sites (tertiary alicyclic amines) is 1. The average Bonchev–Trinajstić information content (AvgIpc) is 2.90. The van der Waals surface area contributed by atoms with Crippen LogP contribution in [-0.2, 0) is 0 Å². The van der Waals surface area contributed by atoms with Crippen molar-refractivity contribution in [2.24, 2.45) is 5.73 Å². The first-order chi connectivity index (χ1) is 11.3. The first-order valence-corrected chi connectivity index (χ1v) is 9.01. The molecule has 3 heterocycles. The fourth-order valence-corrected chi connectivity index (χ4v) is 3.68. The van der Waals surface area contributed by atoms with Gasteiger partial charge in [0.2, 0.25) is 0 Å².